The smallest absolute Gasteiger partial charge is 0.328 e. The SMILES string of the molecule is CCOC(=O)C(C)NC(=O)CCOc1cccc(Br)c1. The zero-order valence-corrected chi connectivity index (χ0v) is 13.1. The minimum atomic E-state index is -0.645. The van der Waals surface area contributed by atoms with Crippen LogP contribution in [-0.4, -0.2) is 31.1 Å². The number of nitrogens with one attached hydrogen (secondary N) is 1. The molecule has 0 heterocycles. The maximum atomic E-state index is 11.6. The minimum absolute atomic E-state index is 0.177. The number of halogens is 1. The lowest BCUT2D eigenvalue weighted by Gasteiger charge is -2.12. The standard InChI is InChI=1S/C14H18BrNO4/c1-3-19-14(18)10(2)16-13(17)7-8-20-12-6-4-5-11(15)9-12/h4-6,9-10H,3,7-8H2,1-2H3,(H,16,17). The van der Waals surface area contributed by atoms with E-state index in [1.165, 1.54) is 0 Å². The van der Waals surface area contributed by atoms with Gasteiger partial charge < -0.3 is 14.8 Å². The second-order valence-electron chi connectivity index (χ2n) is 4.10. The van der Waals surface area contributed by atoms with Crippen LogP contribution in [0.15, 0.2) is 28.7 Å². The first-order valence-corrected chi connectivity index (χ1v) is 7.16. The highest BCUT2D eigenvalue weighted by Crippen LogP contribution is 2.17. The molecule has 1 aromatic rings. The Balaban J connectivity index is 2.28. The van der Waals surface area contributed by atoms with E-state index in [-0.39, 0.29) is 18.9 Å². The summed E-state index contributed by atoms with van der Waals surface area (Å²) >= 11 is 3.34. The zero-order valence-electron chi connectivity index (χ0n) is 11.5. The lowest BCUT2D eigenvalue weighted by atomic mass is 10.3. The predicted molar refractivity (Wildman–Crippen MR) is 78.5 cm³/mol. The summed E-state index contributed by atoms with van der Waals surface area (Å²) in [5, 5.41) is 2.56. The number of hydrogen-bond acceptors (Lipinski definition) is 4. The van der Waals surface area contributed by atoms with Crippen molar-refractivity contribution in [3.05, 3.63) is 28.7 Å². The molecule has 0 saturated carbocycles. The van der Waals surface area contributed by atoms with Gasteiger partial charge in [0.25, 0.3) is 0 Å². The lowest BCUT2D eigenvalue weighted by Crippen LogP contribution is -2.40. The summed E-state index contributed by atoms with van der Waals surface area (Å²) in [5.41, 5.74) is 0. The van der Waals surface area contributed by atoms with Crippen LogP contribution in [0.1, 0.15) is 20.3 Å². The number of benzene rings is 1. The highest BCUT2D eigenvalue weighted by Gasteiger charge is 2.16. The molecule has 1 rings (SSSR count). The first-order valence-electron chi connectivity index (χ1n) is 6.37. The predicted octanol–water partition coefficient (Wildman–Crippen LogP) is 2.29. The van der Waals surface area contributed by atoms with E-state index in [1.807, 2.05) is 24.3 Å². The number of amides is 1. The van der Waals surface area contributed by atoms with Crippen LogP contribution in [0.4, 0.5) is 0 Å². The van der Waals surface area contributed by atoms with Gasteiger partial charge in [-0.25, -0.2) is 4.79 Å². The summed E-state index contributed by atoms with van der Waals surface area (Å²) in [5.74, 6) is -0.0000700. The van der Waals surface area contributed by atoms with Crippen molar-refractivity contribution in [2.45, 2.75) is 26.3 Å². The Labute approximate surface area is 126 Å². The van der Waals surface area contributed by atoms with Gasteiger partial charge in [0, 0.05) is 4.47 Å². The minimum Gasteiger partial charge on any atom is -0.493 e. The molecule has 110 valence electrons. The van der Waals surface area contributed by atoms with Crippen LogP contribution in [0.5, 0.6) is 5.75 Å². The molecule has 1 N–H and O–H groups in total. The van der Waals surface area contributed by atoms with Crippen molar-refractivity contribution in [2.24, 2.45) is 0 Å². The average Bonchev–Trinajstić information content (AvgIpc) is 2.39. The molecule has 0 bridgehead atoms. The molecule has 0 saturated heterocycles. The Kier molecular flexibility index (Phi) is 7.08. The Morgan fingerprint density at radius 1 is 1.40 bits per heavy atom. The van der Waals surface area contributed by atoms with Crippen LogP contribution >= 0.6 is 15.9 Å². The highest BCUT2D eigenvalue weighted by molar-refractivity contribution is 9.10. The zero-order chi connectivity index (χ0) is 15.0. The van der Waals surface area contributed by atoms with Crippen LogP contribution in [-0.2, 0) is 14.3 Å². The topological polar surface area (TPSA) is 64.6 Å². The first-order chi connectivity index (χ1) is 9.52. The summed E-state index contributed by atoms with van der Waals surface area (Å²) in [6.07, 6.45) is 0.177. The average molecular weight is 344 g/mol. The van der Waals surface area contributed by atoms with Gasteiger partial charge in [-0.2, -0.15) is 0 Å². The van der Waals surface area contributed by atoms with Gasteiger partial charge in [-0.15, -0.1) is 0 Å². The Hall–Kier alpha value is -1.56. The van der Waals surface area contributed by atoms with E-state index >= 15 is 0 Å². The van der Waals surface area contributed by atoms with Crippen molar-refractivity contribution in [1.82, 2.24) is 5.32 Å². The molecule has 1 atom stereocenters. The van der Waals surface area contributed by atoms with Gasteiger partial charge in [-0.1, -0.05) is 22.0 Å². The third kappa shape index (κ3) is 6.06. The van der Waals surface area contributed by atoms with E-state index in [9.17, 15) is 9.59 Å². The molecule has 0 fully saturated rings. The molecule has 1 amide bonds. The van der Waals surface area contributed by atoms with Gasteiger partial charge in [-0.05, 0) is 32.0 Å². The third-order valence-electron chi connectivity index (χ3n) is 2.41. The molecule has 0 aliphatic carbocycles. The van der Waals surface area contributed by atoms with Gasteiger partial charge in [0.1, 0.15) is 11.8 Å². The number of carbonyl (C=O) groups is 2. The number of rotatable bonds is 7. The van der Waals surface area contributed by atoms with Crippen molar-refractivity contribution in [2.75, 3.05) is 13.2 Å². The molecule has 0 radical (unpaired) electrons. The number of hydrogen-bond donors (Lipinski definition) is 1. The van der Waals surface area contributed by atoms with E-state index in [0.29, 0.717) is 12.4 Å². The van der Waals surface area contributed by atoms with Gasteiger partial charge >= 0.3 is 5.97 Å². The molecule has 1 aromatic carbocycles. The van der Waals surface area contributed by atoms with Crippen molar-refractivity contribution < 1.29 is 19.1 Å². The van der Waals surface area contributed by atoms with Crippen LogP contribution in [0, 0.1) is 0 Å². The molecule has 20 heavy (non-hydrogen) atoms. The van der Waals surface area contributed by atoms with Gasteiger partial charge in [0.2, 0.25) is 5.91 Å². The third-order valence-corrected chi connectivity index (χ3v) is 2.90. The maximum Gasteiger partial charge on any atom is 0.328 e. The van der Waals surface area contributed by atoms with Gasteiger partial charge in [-0.3, -0.25) is 4.79 Å². The summed E-state index contributed by atoms with van der Waals surface area (Å²) < 4.78 is 11.2. The normalized spacial score (nSPS) is 11.6. The Bertz CT molecular complexity index is 464. The van der Waals surface area contributed by atoms with Crippen molar-refractivity contribution in [3.8, 4) is 5.75 Å². The van der Waals surface area contributed by atoms with Crippen LogP contribution in [0.3, 0.4) is 0 Å². The summed E-state index contributed by atoms with van der Waals surface area (Å²) in [6.45, 7) is 3.85. The van der Waals surface area contributed by atoms with E-state index in [4.69, 9.17) is 9.47 Å². The van der Waals surface area contributed by atoms with E-state index in [1.54, 1.807) is 13.8 Å². The number of ether oxygens (including phenoxy) is 2. The van der Waals surface area contributed by atoms with E-state index in [0.717, 1.165) is 4.47 Å². The fourth-order valence-corrected chi connectivity index (χ4v) is 1.84. The van der Waals surface area contributed by atoms with Crippen molar-refractivity contribution in [1.29, 1.82) is 0 Å². The van der Waals surface area contributed by atoms with E-state index in [2.05, 4.69) is 21.2 Å². The molecular formula is C14H18BrNO4. The second kappa shape index (κ2) is 8.58. The maximum absolute atomic E-state index is 11.6. The Morgan fingerprint density at radius 3 is 2.80 bits per heavy atom. The van der Waals surface area contributed by atoms with Crippen molar-refractivity contribution >= 4 is 27.8 Å². The first kappa shape index (κ1) is 16.5. The van der Waals surface area contributed by atoms with Crippen LogP contribution < -0.4 is 10.1 Å². The number of carbonyl (C=O) groups excluding carboxylic acids is 2. The second-order valence-corrected chi connectivity index (χ2v) is 5.01. The van der Waals surface area contributed by atoms with E-state index < -0.39 is 12.0 Å². The molecule has 1 unspecified atom stereocenters. The molecule has 0 aromatic heterocycles. The van der Waals surface area contributed by atoms with Crippen LogP contribution in [0.2, 0.25) is 0 Å². The molecular weight excluding hydrogens is 326 g/mol. The molecule has 6 heteroatoms. The van der Waals surface area contributed by atoms with Gasteiger partial charge in [0.15, 0.2) is 0 Å². The largest absolute Gasteiger partial charge is 0.493 e. The van der Waals surface area contributed by atoms with Gasteiger partial charge in [0.05, 0.1) is 19.6 Å². The molecule has 0 aliphatic rings. The summed E-state index contributed by atoms with van der Waals surface area (Å²) in [4.78, 5) is 22.9. The van der Waals surface area contributed by atoms with Crippen molar-refractivity contribution in [3.63, 3.8) is 0 Å². The summed E-state index contributed by atoms with van der Waals surface area (Å²) in [6, 6.07) is 6.72. The molecule has 0 aliphatic heterocycles. The number of esters is 1. The highest BCUT2D eigenvalue weighted by atomic mass is 79.9. The lowest BCUT2D eigenvalue weighted by molar-refractivity contribution is -0.146. The summed E-state index contributed by atoms with van der Waals surface area (Å²) in [7, 11) is 0. The monoisotopic (exact) mass is 343 g/mol. The Morgan fingerprint density at radius 2 is 2.15 bits per heavy atom. The molecule has 5 nitrogen and oxygen atoms in total. The quantitative estimate of drug-likeness (QED) is 0.771. The fraction of sp³-hybridized carbons (Fsp3) is 0.429. The van der Waals surface area contributed by atoms with Crippen LogP contribution in [0.25, 0.3) is 0 Å². The molecule has 0 spiro atoms. The fourth-order valence-electron chi connectivity index (χ4n) is 1.46.